The second kappa shape index (κ2) is 4.52. The van der Waals surface area contributed by atoms with Crippen molar-refractivity contribution < 1.29 is 9.53 Å². The molecule has 0 aromatic heterocycles. The highest BCUT2D eigenvalue weighted by molar-refractivity contribution is 5.77. The van der Waals surface area contributed by atoms with E-state index in [1.54, 1.807) is 0 Å². The zero-order valence-electron chi connectivity index (χ0n) is 9.66. The maximum absolute atomic E-state index is 11.9. The van der Waals surface area contributed by atoms with Crippen LogP contribution in [-0.4, -0.2) is 24.7 Å². The van der Waals surface area contributed by atoms with Gasteiger partial charge in [0.2, 0.25) is 0 Å². The standard InChI is InChI=1S/C12H21NO2/c1-3-8(2)15-12(14)11-10-6-4-5-9(10)7-13-11/h8-11,13H,3-7H2,1-2H3. The van der Waals surface area contributed by atoms with Gasteiger partial charge in [-0.1, -0.05) is 13.3 Å². The molecule has 0 amide bonds. The minimum Gasteiger partial charge on any atom is -0.462 e. The molecule has 3 heteroatoms. The molecule has 0 aromatic carbocycles. The third-order valence-corrected chi connectivity index (χ3v) is 3.89. The van der Waals surface area contributed by atoms with Gasteiger partial charge in [0.1, 0.15) is 6.04 Å². The molecule has 1 saturated heterocycles. The molecule has 1 aliphatic heterocycles. The van der Waals surface area contributed by atoms with Crippen LogP contribution in [0.1, 0.15) is 39.5 Å². The summed E-state index contributed by atoms with van der Waals surface area (Å²) in [5, 5.41) is 3.31. The van der Waals surface area contributed by atoms with Gasteiger partial charge in [-0.3, -0.25) is 4.79 Å². The molecule has 15 heavy (non-hydrogen) atoms. The van der Waals surface area contributed by atoms with Crippen LogP contribution in [0.4, 0.5) is 0 Å². The number of carbonyl (C=O) groups excluding carboxylic acids is 1. The molecule has 86 valence electrons. The van der Waals surface area contributed by atoms with Gasteiger partial charge in [0.05, 0.1) is 6.10 Å². The van der Waals surface area contributed by atoms with Gasteiger partial charge in [-0.05, 0) is 44.6 Å². The predicted octanol–water partition coefficient (Wildman–Crippen LogP) is 1.72. The lowest BCUT2D eigenvalue weighted by Crippen LogP contribution is -2.38. The fourth-order valence-corrected chi connectivity index (χ4v) is 2.80. The zero-order valence-corrected chi connectivity index (χ0v) is 9.66. The van der Waals surface area contributed by atoms with Gasteiger partial charge < -0.3 is 10.1 Å². The van der Waals surface area contributed by atoms with Crippen LogP contribution in [-0.2, 0) is 9.53 Å². The maximum Gasteiger partial charge on any atom is 0.323 e. The molecular formula is C12H21NO2. The third kappa shape index (κ3) is 2.17. The SMILES string of the molecule is CCC(C)OC(=O)C1NCC2CCCC21. The molecule has 2 aliphatic rings. The highest BCUT2D eigenvalue weighted by Gasteiger charge is 2.43. The first-order chi connectivity index (χ1) is 7.22. The Morgan fingerprint density at radius 1 is 1.53 bits per heavy atom. The van der Waals surface area contributed by atoms with Gasteiger partial charge in [0, 0.05) is 0 Å². The zero-order chi connectivity index (χ0) is 10.8. The Bertz CT molecular complexity index is 242. The lowest BCUT2D eigenvalue weighted by atomic mass is 9.94. The summed E-state index contributed by atoms with van der Waals surface area (Å²) >= 11 is 0. The Hall–Kier alpha value is -0.570. The highest BCUT2D eigenvalue weighted by Crippen LogP contribution is 2.38. The number of fused-ring (bicyclic) bond motifs is 1. The first-order valence-corrected chi connectivity index (χ1v) is 6.16. The van der Waals surface area contributed by atoms with Crippen LogP contribution in [0.5, 0.6) is 0 Å². The average Bonchev–Trinajstić information content (AvgIpc) is 2.77. The highest BCUT2D eigenvalue weighted by atomic mass is 16.5. The van der Waals surface area contributed by atoms with Crippen molar-refractivity contribution in [2.45, 2.75) is 51.7 Å². The summed E-state index contributed by atoms with van der Waals surface area (Å²) in [7, 11) is 0. The molecule has 0 spiro atoms. The Labute approximate surface area is 91.6 Å². The van der Waals surface area contributed by atoms with Crippen LogP contribution in [0.2, 0.25) is 0 Å². The molecule has 4 unspecified atom stereocenters. The van der Waals surface area contributed by atoms with Crippen LogP contribution < -0.4 is 5.32 Å². The molecule has 1 aliphatic carbocycles. The molecule has 1 N–H and O–H groups in total. The van der Waals surface area contributed by atoms with E-state index in [4.69, 9.17) is 4.74 Å². The molecule has 0 bridgehead atoms. The molecule has 1 saturated carbocycles. The number of hydrogen-bond donors (Lipinski definition) is 1. The van der Waals surface area contributed by atoms with Gasteiger partial charge in [-0.15, -0.1) is 0 Å². The quantitative estimate of drug-likeness (QED) is 0.722. The number of hydrogen-bond acceptors (Lipinski definition) is 3. The molecule has 4 atom stereocenters. The normalized spacial score (nSPS) is 36.3. The van der Waals surface area contributed by atoms with E-state index in [1.165, 1.54) is 19.3 Å². The van der Waals surface area contributed by atoms with Crippen molar-refractivity contribution in [3.63, 3.8) is 0 Å². The summed E-state index contributed by atoms with van der Waals surface area (Å²) in [5.74, 6) is 1.24. The van der Waals surface area contributed by atoms with E-state index in [0.29, 0.717) is 5.92 Å². The first-order valence-electron chi connectivity index (χ1n) is 6.16. The first kappa shape index (κ1) is 10.9. The Kier molecular flexibility index (Phi) is 3.29. The lowest BCUT2D eigenvalue weighted by molar-refractivity contribution is -0.151. The maximum atomic E-state index is 11.9. The summed E-state index contributed by atoms with van der Waals surface area (Å²) in [6.07, 6.45) is 4.71. The molecule has 0 aromatic rings. The van der Waals surface area contributed by atoms with Gasteiger partial charge in [-0.2, -0.15) is 0 Å². The van der Waals surface area contributed by atoms with Crippen molar-refractivity contribution in [2.75, 3.05) is 6.54 Å². The van der Waals surface area contributed by atoms with Crippen LogP contribution in [0.25, 0.3) is 0 Å². The molecule has 2 fully saturated rings. The van der Waals surface area contributed by atoms with E-state index in [0.717, 1.165) is 18.9 Å². The van der Waals surface area contributed by atoms with E-state index in [1.807, 2.05) is 13.8 Å². The summed E-state index contributed by atoms with van der Waals surface area (Å²) in [5.41, 5.74) is 0. The van der Waals surface area contributed by atoms with E-state index in [9.17, 15) is 4.79 Å². The number of rotatable bonds is 3. The van der Waals surface area contributed by atoms with Gasteiger partial charge in [0.15, 0.2) is 0 Å². The smallest absolute Gasteiger partial charge is 0.323 e. The van der Waals surface area contributed by atoms with Crippen LogP contribution in [0.3, 0.4) is 0 Å². The summed E-state index contributed by atoms with van der Waals surface area (Å²) in [6.45, 7) is 5.00. The number of esters is 1. The second-order valence-electron chi connectivity index (χ2n) is 4.90. The Morgan fingerprint density at radius 2 is 2.33 bits per heavy atom. The van der Waals surface area contributed by atoms with Crippen molar-refractivity contribution in [1.82, 2.24) is 5.32 Å². The molecular weight excluding hydrogens is 190 g/mol. The van der Waals surface area contributed by atoms with Crippen molar-refractivity contribution in [1.29, 1.82) is 0 Å². The largest absolute Gasteiger partial charge is 0.462 e. The van der Waals surface area contributed by atoms with E-state index in [-0.39, 0.29) is 18.1 Å². The lowest BCUT2D eigenvalue weighted by Gasteiger charge is -2.19. The van der Waals surface area contributed by atoms with Gasteiger partial charge in [0.25, 0.3) is 0 Å². The molecule has 0 radical (unpaired) electrons. The van der Waals surface area contributed by atoms with Gasteiger partial charge in [-0.25, -0.2) is 0 Å². The van der Waals surface area contributed by atoms with E-state index in [2.05, 4.69) is 5.32 Å². The van der Waals surface area contributed by atoms with Crippen molar-refractivity contribution in [3.05, 3.63) is 0 Å². The third-order valence-electron chi connectivity index (χ3n) is 3.89. The van der Waals surface area contributed by atoms with Crippen molar-refractivity contribution >= 4 is 5.97 Å². The summed E-state index contributed by atoms with van der Waals surface area (Å²) < 4.78 is 5.39. The fourth-order valence-electron chi connectivity index (χ4n) is 2.80. The Morgan fingerprint density at radius 3 is 3.07 bits per heavy atom. The Balaban J connectivity index is 1.90. The van der Waals surface area contributed by atoms with Crippen LogP contribution in [0, 0.1) is 11.8 Å². The summed E-state index contributed by atoms with van der Waals surface area (Å²) in [6, 6.07) is -0.0218. The topological polar surface area (TPSA) is 38.3 Å². The average molecular weight is 211 g/mol. The molecule has 3 nitrogen and oxygen atoms in total. The van der Waals surface area contributed by atoms with Crippen LogP contribution in [0.15, 0.2) is 0 Å². The monoisotopic (exact) mass is 211 g/mol. The number of carbonyl (C=O) groups is 1. The number of nitrogens with one attached hydrogen (secondary N) is 1. The van der Waals surface area contributed by atoms with Gasteiger partial charge >= 0.3 is 5.97 Å². The summed E-state index contributed by atoms with van der Waals surface area (Å²) in [4.78, 5) is 11.9. The second-order valence-corrected chi connectivity index (χ2v) is 4.90. The minimum absolute atomic E-state index is 0.0218. The molecule has 1 heterocycles. The molecule has 2 rings (SSSR count). The van der Waals surface area contributed by atoms with Crippen molar-refractivity contribution in [2.24, 2.45) is 11.8 Å². The van der Waals surface area contributed by atoms with Crippen molar-refractivity contribution in [3.8, 4) is 0 Å². The minimum atomic E-state index is -0.0289. The number of ether oxygens (including phenoxy) is 1. The predicted molar refractivity (Wildman–Crippen MR) is 58.5 cm³/mol. The fraction of sp³-hybridized carbons (Fsp3) is 0.917. The van der Waals surface area contributed by atoms with Crippen LogP contribution >= 0.6 is 0 Å². The van der Waals surface area contributed by atoms with E-state index >= 15 is 0 Å². The van der Waals surface area contributed by atoms with E-state index < -0.39 is 0 Å².